The molecule has 0 bridgehead atoms. The van der Waals surface area contributed by atoms with E-state index >= 15 is 0 Å². The van der Waals surface area contributed by atoms with Crippen LogP contribution in [0.4, 0.5) is 0 Å². The molecule has 30 heavy (non-hydrogen) atoms. The summed E-state index contributed by atoms with van der Waals surface area (Å²) in [7, 11) is 0. The summed E-state index contributed by atoms with van der Waals surface area (Å²) >= 11 is 0. The van der Waals surface area contributed by atoms with Crippen molar-refractivity contribution in [1.29, 1.82) is 0 Å². The van der Waals surface area contributed by atoms with Gasteiger partial charge < -0.3 is 0 Å². The summed E-state index contributed by atoms with van der Waals surface area (Å²) in [4.78, 5) is 11.6. The Kier molecular flexibility index (Phi) is 5.71. The van der Waals surface area contributed by atoms with E-state index in [0.717, 1.165) is 51.7 Å². The summed E-state index contributed by atoms with van der Waals surface area (Å²) in [5.74, 6) is 0. The van der Waals surface area contributed by atoms with Gasteiger partial charge in [0, 0.05) is 43.8 Å². The molecular formula is C27H29N3. The molecule has 0 unspecified atom stereocenters. The van der Waals surface area contributed by atoms with Gasteiger partial charge in [-0.2, -0.15) is 0 Å². The lowest BCUT2D eigenvalue weighted by Crippen LogP contribution is -2.30. The molecule has 2 aromatic rings. The fourth-order valence-electron chi connectivity index (χ4n) is 4.93. The molecule has 1 fully saturated rings. The third-order valence-corrected chi connectivity index (χ3v) is 6.48. The summed E-state index contributed by atoms with van der Waals surface area (Å²) < 4.78 is 0. The fourth-order valence-corrected chi connectivity index (χ4v) is 4.93. The number of likely N-dealkylation sites (tertiary alicyclic amines) is 1. The molecule has 0 radical (unpaired) electrons. The normalized spacial score (nSPS) is 19.7. The minimum Gasteiger partial charge on any atom is -0.298 e. The smallest absolute Gasteiger partial charge is 0.0739 e. The third-order valence-electron chi connectivity index (χ3n) is 6.48. The van der Waals surface area contributed by atoms with E-state index in [2.05, 4.69) is 58.5 Å². The lowest BCUT2D eigenvalue weighted by atomic mass is 9.83. The molecule has 1 saturated heterocycles. The van der Waals surface area contributed by atoms with Crippen LogP contribution in [0.2, 0.25) is 0 Å². The van der Waals surface area contributed by atoms with Gasteiger partial charge in [0.15, 0.2) is 0 Å². The number of nitrogens with zero attached hydrogens (tertiary/aromatic N) is 3. The van der Waals surface area contributed by atoms with E-state index in [1.807, 2.05) is 18.6 Å². The lowest BCUT2D eigenvalue weighted by Gasteiger charge is -2.31. The molecule has 0 N–H and O–H groups in total. The first-order valence-electron chi connectivity index (χ1n) is 11.2. The molecule has 0 spiro atoms. The number of allylic oxidation sites excluding steroid dienone is 7. The molecule has 1 aliphatic heterocycles. The van der Waals surface area contributed by atoms with E-state index in [0.29, 0.717) is 0 Å². The maximum absolute atomic E-state index is 4.92. The van der Waals surface area contributed by atoms with Crippen LogP contribution in [0.3, 0.4) is 0 Å². The molecule has 3 heteroatoms. The zero-order valence-corrected chi connectivity index (χ0v) is 17.6. The number of rotatable bonds is 2. The largest absolute Gasteiger partial charge is 0.298 e. The van der Waals surface area contributed by atoms with Crippen LogP contribution in [-0.4, -0.2) is 28.0 Å². The van der Waals surface area contributed by atoms with Crippen molar-refractivity contribution in [2.75, 3.05) is 13.1 Å². The molecule has 2 aromatic heterocycles. The van der Waals surface area contributed by atoms with Gasteiger partial charge >= 0.3 is 0 Å². The maximum atomic E-state index is 4.92. The minimum atomic E-state index is 1.01. The van der Waals surface area contributed by atoms with Crippen LogP contribution in [0.5, 0.6) is 0 Å². The van der Waals surface area contributed by atoms with Gasteiger partial charge in [-0.25, -0.2) is 0 Å². The Morgan fingerprint density at radius 1 is 0.867 bits per heavy atom. The van der Waals surface area contributed by atoms with Crippen molar-refractivity contribution >= 4 is 5.57 Å². The molecule has 3 aliphatic rings. The quantitative estimate of drug-likeness (QED) is 0.655. The molecular weight excluding hydrogens is 366 g/mol. The van der Waals surface area contributed by atoms with Crippen molar-refractivity contribution < 1.29 is 0 Å². The number of hydrogen-bond donors (Lipinski definition) is 0. The number of fused-ring (bicyclic) bond motifs is 1. The number of piperidine rings is 1. The van der Waals surface area contributed by atoms with Crippen molar-refractivity contribution in [2.24, 2.45) is 0 Å². The summed E-state index contributed by atoms with van der Waals surface area (Å²) in [5, 5.41) is 0. The highest BCUT2D eigenvalue weighted by atomic mass is 15.1. The number of aryl methyl sites for hydroxylation is 1. The summed E-state index contributed by atoms with van der Waals surface area (Å²) in [6, 6.07) is 8.63. The molecule has 5 rings (SSSR count). The highest BCUT2D eigenvalue weighted by Crippen LogP contribution is 2.39. The zero-order chi connectivity index (χ0) is 20.2. The molecule has 0 atom stereocenters. The second kappa shape index (κ2) is 8.93. The van der Waals surface area contributed by atoms with Gasteiger partial charge in [-0.1, -0.05) is 35.9 Å². The van der Waals surface area contributed by atoms with Crippen LogP contribution >= 0.6 is 0 Å². The van der Waals surface area contributed by atoms with Gasteiger partial charge in [0.25, 0.3) is 0 Å². The molecule has 3 nitrogen and oxygen atoms in total. The zero-order valence-electron chi connectivity index (χ0n) is 17.6. The highest BCUT2D eigenvalue weighted by molar-refractivity contribution is 5.85. The Morgan fingerprint density at radius 3 is 2.57 bits per heavy atom. The van der Waals surface area contributed by atoms with Crippen molar-refractivity contribution in [3.63, 3.8) is 0 Å². The van der Waals surface area contributed by atoms with Crippen LogP contribution in [0.1, 0.15) is 48.9 Å². The number of hydrogen-bond acceptors (Lipinski definition) is 3. The monoisotopic (exact) mass is 395 g/mol. The fraction of sp³-hybridized carbons (Fsp3) is 0.333. The van der Waals surface area contributed by atoms with Gasteiger partial charge in [0.2, 0.25) is 0 Å². The topological polar surface area (TPSA) is 29.0 Å². The lowest BCUT2D eigenvalue weighted by molar-refractivity contribution is 0.248. The van der Waals surface area contributed by atoms with E-state index < -0.39 is 0 Å². The van der Waals surface area contributed by atoms with Gasteiger partial charge in [-0.15, -0.1) is 0 Å². The van der Waals surface area contributed by atoms with Crippen molar-refractivity contribution in [2.45, 2.75) is 45.1 Å². The Labute approximate surface area is 179 Å². The molecule has 0 saturated carbocycles. The van der Waals surface area contributed by atoms with Crippen molar-refractivity contribution in [3.8, 4) is 0 Å². The summed E-state index contributed by atoms with van der Waals surface area (Å²) in [5.41, 5.74) is 9.89. The minimum absolute atomic E-state index is 1.01. The average molecular weight is 396 g/mol. The SMILES string of the molecule is C1=CC2=C(C=CC1)C(=C1CCN(Cc3ccncc3)CC1)c1ncccc1CCC2. The molecule has 0 amide bonds. The summed E-state index contributed by atoms with van der Waals surface area (Å²) in [6.07, 6.45) is 21.8. The average Bonchev–Trinajstić information content (AvgIpc) is 3.01. The van der Waals surface area contributed by atoms with Gasteiger partial charge in [0.05, 0.1) is 5.69 Å². The van der Waals surface area contributed by atoms with Crippen LogP contribution in [0, 0.1) is 0 Å². The van der Waals surface area contributed by atoms with Crippen LogP contribution in [0.25, 0.3) is 5.57 Å². The van der Waals surface area contributed by atoms with E-state index in [1.165, 1.54) is 40.0 Å². The second-order valence-corrected chi connectivity index (χ2v) is 8.45. The molecule has 3 heterocycles. The van der Waals surface area contributed by atoms with Gasteiger partial charge in [-0.3, -0.25) is 14.9 Å². The first kappa shape index (κ1) is 19.2. The van der Waals surface area contributed by atoms with E-state index in [9.17, 15) is 0 Å². The Balaban J connectivity index is 1.50. The van der Waals surface area contributed by atoms with Gasteiger partial charge in [-0.05, 0) is 79.0 Å². The van der Waals surface area contributed by atoms with E-state index in [-0.39, 0.29) is 0 Å². The number of pyridine rings is 2. The van der Waals surface area contributed by atoms with E-state index in [1.54, 1.807) is 5.57 Å². The number of aromatic nitrogens is 2. The van der Waals surface area contributed by atoms with Crippen molar-refractivity contribution in [1.82, 2.24) is 14.9 Å². The predicted molar refractivity (Wildman–Crippen MR) is 123 cm³/mol. The summed E-state index contributed by atoms with van der Waals surface area (Å²) in [6.45, 7) is 3.22. The van der Waals surface area contributed by atoms with Crippen LogP contribution < -0.4 is 0 Å². The molecule has 2 aliphatic carbocycles. The first-order valence-corrected chi connectivity index (χ1v) is 11.2. The third kappa shape index (κ3) is 4.08. The molecule has 0 aromatic carbocycles. The van der Waals surface area contributed by atoms with Gasteiger partial charge in [0.1, 0.15) is 0 Å². The van der Waals surface area contributed by atoms with E-state index in [4.69, 9.17) is 4.98 Å². The first-order chi connectivity index (χ1) is 14.9. The Morgan fingerprint density at radius 2 is 1.70 bits per heavy atom. The van der Waals surface area contributed by atoms with Crippen LogP contribution in [0.15, 0.2) is 83.9 Å². The highest BCUT2D eigenvalue weighted by Gasteiger charge is 2.24. The second-order valence-electron chi connectivity index (χ2n) is 8.45. The Hall–Kier alpha value is -2.78. The predicted octanol–water partition coefficient (Wildman–Crippen LogP) is 5.68. The van der Waals surface area contributed by atoms with Crippen LogP contribution in [-0.2, 0) is 13.0 Å². The van der Waals surface area contributed by atoms with Crippen molar-refractivity contribution in [3.05, 3.63) is 101 Å². The molecule has 152 valence electrons. The maximum Gasteiger partial charge on any atom is 0.0739 e. The Bertz CT molecular complexity index is 1020. The standard InChI is InChI=1S/C27H29N3/c1-2-6-22-7-4-8-24-9-5-15-29-27(24)26(25(22)10-3-1)23-13-18-30(19-14-23)20-21-11-16-28-17-12-21/h2-3,5-6,9-12,15-17H,1,4,7-8,13-14,18-20H2.